The second-order valence-electron chi connectivity index (χ2n) is 6.37. The number of hydrogen-bond acceptors (Lipinski definition) is 6. The summed E-state index contributed by atoms with van der Waals surface area (Å²) >= 11 is 1.34. The van der Waals surface area contributed by atoms with Crippen LogP contribution in [0.15, 0.2) is 53.1 Å². The number of furan rings is 1. The Bertz CT molecular complexity index is 970. The maximum absolute atomic E-state index is 12.3. The molecule has 0 radical (unpaired) electrons. The zero-order valence-corrected chi connectivity index (χ0v) is 15.8. The molecule has 1 aliphatic rings. The van der Waals surface area contributed by atoms with Crippen LogP contribution in [0.4, 0.5) is 0 Å². The molecule has 1 aliphatic heterocycles. The van der Waals surface area contributed by atoms with E-state index >= 15 is 0 Å². The van der Waals surface area contributed by atoms with Crippen LogP contribution in [-0.2, 0) is 9.53 Å². The normalized spacial score (nSPS) is 14.3. The molecular formula is C20H18N2O5S. The summed E-state index contributed by atoms with van der Waals surface area (Å²) in [6.07, 6.45) is 1.46. The fourth-order valence-corrected chi connectivity index (χ4v) is 4.04. The molecule has 1 fully saturated rings. The van der Waals surface area contributed by atoms with Crippen LogP contribution in [0.1, 0.15) is 20.2 Å². The fraction of sp³-hybridized carbons (Fsp3) is 0.250. The molecule has 7 nitrogen and oxygen atoms in total. The highest BCUT2D eigenvalue weighted by atomic mass is 32.1. The van der Waals surface area contributed by atoms with Crippen LogP contribution in [0.5, 0.6) is 0 Å². The number of carbonyl (C=O) groups is 3. The van der Waals surface area contributed by atoms with E-state index in [0.29, 0.717) is 31.1 Å². The van der Waals surface area contributed by atoms with Gasteiger partial charge in [-0.15, -0.1) is 11.3 Å². The minimum absolute atomic E-state index is 0.187. The highest BCUT2D eigenvalue weighted by Gasteiger charge is 2.26. The summed E-state index contributed by atoms with van der Waals surface area (Å²) in [6.45, 7) is 1.31. The molecule has 28 heavy (non-hydrogen) atoms. The van der Waals surface area contributed by atoms with E-state index in [2.05, 4.69) is 0 Å². The first-order valence-electron chi connectivity index (χ1n) is 8.88. The van der Waals surface area contributed by atoms with Crippen molar-refractivity contribution in [2.75, 3.05) is 32.8 Å². The van der Waals surface area contributed by atoms with Crippen LogP contribution in [0.2, 0.25) is 0 Å². The Morgan fingerprint density at radius 2 is 1.75 bits per heavy atom. The smallest absolute Gasteiger partial charge is 0.348 e. The molecule has 0 N–H and O–H groups in total. The minimum atomic E-state index is -0.499. The molecule has 0 bridgehead atoms. The van der Waals surface area contributed by atoms with Gasteiger partial charge in [-0.3, -0.25) is 9.59 Å². The van der Waals surface area contributed by atoms with Gasteiger partial charge in [0, 0.05) is 30.9 Å². The van der Waals surface area contributed by atoms with E-state index in [1.54, 1.807) is 28.0 Å². The summed E-state index contributed by atoms with van der Waals surface area (Å²) in [5.41, 5.74) is 0. The topological polar surface area (TPSA) is 80.1 Å². The average Bonchev–Trinajstić information content (AvgIpc) is 3.41. The summed E-state index contributed by atoms with van der Waals surface area (Å²) in [7, 11) is 0. The van der Waals surface area contributed by atoms with Gasteiger partial charge in [0.15, 0.2) is 12.4 Å². The van der Waals surface area contributed by atoms with Gasteiger partial charge in [-0.1, -0.05) is 18.2 Å². The fourth-order valence-electron chi connectivity index (χ4n) is 3.09. The minimum Gasteiger partial charge on any atom is -0.459 e. The molecule has 4 rings (SSSR count). The van der Waals surface area contributed by atoms with Crippen molar-refractivity contribution in [3.63, 3.8) is 0 Å². The van der Waals surface area contributed by atoms with Crippen molar-refractivity contribution in [2.45, 2.75) is 0 Å². The summed E-state index contributed by atoms with van der Waals surface area (Å²) in [4.78, 5) is 40.5. The standard InChI is InChI=1S/C20H18N2O5S/c23-18(13-27-20(25)17-12-14-4-1-2-6-16(14)28-17)21-7-9-22(10-8-21)19(24)15-5-3-11-26-15/h1-6,11-12H,7-10,13H2. The van der Waals surface area contributed by atoms with Crippen molar-refractivity contribution in [3.05, 3.63) is 59.4 Å². The number of carbonyl (C=O) groups excluding carboxylic acids is 3. The van der Waals surface area contributed by atoms with E-state index in [-0.39, 0.29) is 24.2 Å². The molecule has 2 amide bonds. The third-order valence-electron chi connectivity index (χ3n) is 4.60. The predicted octanol–water partition coefficient (Wildman–Crippen LogP) is 2.64. The molecule has 0 aliphatic carbocycles. The second kappa shape index (κ2) is 7.85. The Morgan fingerprint density at radius 1 is 1.00 bits per heavy atom. The molecule has 3 heterocycles. The lowest BCUT2D eigenvalue weighted by Crippen LogP contribution is -2.51. The van der Waals surface area contributed by atoms with Crippen molar-refractivity contribution >= 4 is 39.2 Å². The van der Waals surface area contributed by atoms with Gasteiger partial charge in [0.1, 0.15) is 4.88 Å². The summed E-state index contributed by atoms with van der Waals surface area (Å²) in [5.74, 6) is -0.661. The molecule has 2 aromatic heterocycles. The maximum atomic E-state index is 12.3. The average molecular weight is 398 g/mol. The van der Waals surface area contributed by atoms with E-state index in [9.17, 15) is 14.4 Å². The van der Waals surface area contributed by atoms with Crippen molar-refractivity contribution in [2.24, 2.45) is 0 Å². The summed E-state index contributed by atoms with van der Waals surface area (Å²) in [6, 6.07) is 12.7. The molecule has 0 saturated carbocycles. The molecule has 1 saturated heterocycles. The molecule has 0 atom stereocenters. The summed E-state index contributed by atoms with van der Waals surface area (Å²) < 4.78 is 11.3. The number of piperazine rings is 1. The molecule has 8 heteroatoms. The van der Waals surface area contributed by atoms with Gasteiger partial charge in [-0.25, -0.2) is 4.79 Å². The first-order chi connectivity index (χ1) is 13.6. The Morgan fingerprint density at radius 3 is 2.46 bits per heavy atom. The molecule has 144 valence electrons. The van der Waals surface area contributed by atoms with Crippen molar-refractivity contribution in [1.82, 2.24) is 9.80 Å². The van der Waals surface area contributed by atoms with Gasteiger partial charge in [-0.05, 0) is 29.7 Å². The Balaban J connectivity index is 1.27. The van der Waals surface area contributed by atoms with E-state index in [1.165, 1.54) is 17.6 Å². The zero-order valence-electron chi connectivity index (χ0n) is 15.0. The van der Waals surface area contributed by atoms with E-state index in [4.69, 9.17) is 9.15 Å². The van der Waals surface area contributed by atoms with Gasteiger partial charge in [-0.2, -0.15) is 0 Å². The lowest BCUT2D eigenvalue weighted by molar-refractivity contribution is -0.136. The van der Waals surface area contributed by atoms with Gasteiger partial charge < -0.3 is 19.0 Å². The van der Waals surface area contributed by atoms with Crippen molar-refractivity contribution in [1.29, 1.82) is 0 Å². The quantitative estimate of drug-likeness (QED) is 0.631. The Kier molecular flexibility index (Phi) is 5.12. The molecule has 1 aromatic carbocycles. The molecule has 0 spiro atoms. The van der Waals surface area contributed by atoms with Crippen LogP contribution < -0.4 is 0 Å². The van der Waals surface area contributed by atoms with E-state index < -0.39 is 5.97 Å². The maximum Gasteiger partial charge on any atom is 0.348 e. The summed E-state index contributed by atoms with van der Waals surface area (Å²) in [5, 5.41) is 0.975. The highest BCUT2D eigenvalue weighted by molar-refractivity contribution is 7.20. The first-order valence-corrected chi connectivity index (χ1v) is 9.70. The third-order valence-corrected chi connectivity index (χ3v) is 5.70. The van der Waals surface area contributed by atoms with Gasteiger partial charge in [0.2, 0.25) is 0 Å². The third kappa shape index (κ3) is 3.77. The monoisotopic (exact) mass is 398 g/mol. The van der Waals surface area contributed by atoms with Crippen molar-refractivity contribution in [3.8, 4) is 0 Å². The Labute approximate surface area is 165 Å². The van der Waals surface area contributed by atoms with Crippen molar-refractivity contribution < 1.29 is 23.5 Å². The number of fused-ring (bicyclic) bond motifs is 1. The highest BCUT2D eigenvalue weighted by Crippen LogP contribution is 2.25. The first kappa shape index (κ1) is 18.2. The molecule has 3 aromatic rings. The largest absolute Gasteiger partial charge is 0.459 e. The van der Waals surface area contributed by atoms with Gasteiger partial charge in [0.05, 0.1) is 6.26 Å². The van der Waals surface area contributed by atoms with Crippen LogP contribution in [0.3, 0.4) is 0 Å². The number of esters is 1. The number of benzene rings is 1. The Hall–Kier alpha value is -3.13. The number of hydrogen-bond donors (Lipinski definition) is 0. The number of thiophene rings is 1. The number of nitrogens with zero attached hydrogens (tertiary/aromatic N) is 2. The van der Waals surface area contributed by atoms with Crippen LogP contribution in [0, 0.1) is 0 Å². The second-order valence-corrected chi connectivity index (χ2v) is 7.46. The van der Waals surface area contributed by atoms with Crippen LogP contribution in [-0.4, -0.2) is 60.4 Å². The number of amides is 2. The number of ether oxygens (including phenoxy) is 1. The SMILES string of the molecule is O=C(OCC(=O)N1CCN(C(=O)c2ccco2)CC1)c1cc2ccccc2s1. The lowest BCUT2D eigenvalue weighted by atomic mass is 10.2. The molecular weight excluding hydrogens is 380 g/mol. The van der Waals surface area contributed by atoms with E-state index in [1.807, 2.05) is 24.3 Å². The lowest BCUT2D eigenvalue weighted by Gasteiger charge is -2.34. The zero-order chi connectivity index (χ0) is 19.5. The van der Waals surface area contributed by atoms with Crippen LogP contribution in [0.25, 0.3) is 10.1 Å². The van der Waals surface area contributed by atoms with Crippen LogP contribution >= 0.6 is 11.3 Å². The van der Waals surface area contributed by atoms with Gasteiger partial charge in [0.25, 0.3) is 11.8 Å². The number of rotatable bonds is 4. The molecule has 0 unspecified atom stereocenters. The predicted molar refractivity (Wildman–Crippen MR) is 103 cm³/mol. The van der Waals surface area contributed by atoms with Gasteiger partial charge >= 0.3 is 5.97 Å². The van der Waals surface area contributed by atoms with E-state index in [0.717, 1.165) is 10.1 Å².